The van der Waals surface area contributed by atoms with Crippen LogP contribution in [0.25, 0.3) is 22.8 Å². The Hall–Kier alpha value is -3.83. The number of rotatable bonds is 2. The van der Waals surface area contributed by atoms with Crippen molar-refractivity contribution in [2.75, 3.05) is 17.2 Å². The predicted octanol–water partition coefficient (Wildman–Crippen LogP) is 5.72. The van der Waals surface area contributed by atoms with Crippen LogP contribution in [0.3, 0.4) is 0 Å². The predicted molar refractivity (Wildman–Crippen MR) is 131 cm³/mol. The lowest BCUT2D eigenvalue weighted by atomic mass is 9.87. The van der Waals surface area contributed by atoms with Gasteiger partial charge in [-0.25, -0.2) is 4.98 Å². The molecule has 2 aliphatic rings. The third-order valence-corrected chi connectivity index (χ3v) is 6.61. The van der Waals surface area contributed by atoms with Crippen LogP contribution in [0.15, 0.2) is 29.8 Å². The average Bonchev–Trinajstić information content (AvgIpc) is 2.99. The molecule has 0 bridgehead atoms. The standard InChI is InChI=1S/C27H27N5/c1-7-32-23-9-8-18(10-19(23)15(2)12-27(32,5)6)11-20-16(3)21(13-28)25-24(20)17(4)22(14-29)26(30)31-25/h8-12H,7H2,1-6H3,(H2,30,31)/b20-11-. The summed E-state index contributed by atoms with van der Waals surface area (Å²) in [4.78, 5) is 6.83. The van der Waals surface area contributed by atoms with Gasteiger partial charge in [-0.1, -0.05) is 12.1 Å². The van der Waals surface area contributed by atoms with Crippen molar-refractivity contribution in [3.8, 4) is 12.1 Å². The van der Waals surface area contributed by atoms with Crippen LogP contribution >= 0.6 is 0 Å². The van der Waals surface area contributed by atoms with E-state index in [2.05, 4.69) is 80.1 Å². The minimum absolute atomic E-state index is 0.0341. The van der Waals surface area contributed by atoms with Gasteiger partial charge in [0.2, 0.25) is 0 Å². The van der Waals surface area contributed by atoms with Gasteiger partial charge in [0.05, 0.1) is 22.4 Å². The highest BCUT2D eigenvalue weighted by Crippen LogP contribution is 2.45. The smallest absolute Gasteiger partial charge is 0.142 e. The van der Waals surface area contributed by atoms with Crippen LogP contribution in [-0.2, 0) is 0 Å². The molecule has 0 saturated heterocycles. The first-order valence-electron chi connectivity index (χ1n) is 10.8. The van der Waals surface area contributed by atoms with Gasteiger partial charge in [0.25, 0.3) is 0 Å². The maximum absolute atomic E-state index is 9.78. The molecule has 1 aliphatic heterocycles. The largest absolute Gasteiger partial charge is 0.383 e. The zero-order chi connectivity index (χ0) is 23.4. The number of fused-ring (bicyclic) bond motifs is 2. The van der Waals surface area contributed by atoms with Crippen LogP contribution in [0, 0.1) is 29.6 Å². The molecular formula is C27H27N5. The number of allylic oxidation sites excluding steroid dienone is 4. The molecule has 5 heteroatoms. The molecule has 0 saturated carbocycles. The van der Waals surface area contributed by atoms with Crippen molar-refractivity contribution in [1.82, 2.24) is 4.98 Å². The lowest BCUT2D eigenvalue weighted by Gasteiger charge is -2.42. The molecule has 2 heterocycles. The van der Waals surface area contributed by atoms with Crippen molar-refractivity contribution in [2.45, 2.75) is 47.1 Å². The monoisotopic (exact) mass is 421 g/mol. The van der Waals surface area contributed by atoms with Gasteiger partial charge >= 0.3 is 0 Å². The van der Waals surface area contributed by atoms with Crippen LogP contribution in [0.1, 0.15) is 68.1 Å². The first kappa shape index (κ1) is 21.4. The molecule has 0 fully saturated rings. The van der Waals surface area contributed by atoms with Crippen molar-refractivity contribution in [1.29, 1.82) is 10.5 Å². The maximum Gasteiger partial charge on any atom is 0.142 e. The first-order chi connectivity index (χ1) is 15.1. The van der Waals surface area contributed by atoms with Crippen molar-refractivity contribution in [3.05, 3.63) is 63.4 Å². The third-order valence-electron chi connectivity index (χ3n) is 6.61. The summed E-state index contributed by atoms with van der Waals surface area (Å²) in [6.07, 6.45) is 4.41. The second-order valence-electron chi connectivity index (χ2n) is 9.00. The molecule has 1 aromatic carbocycles. The lowest BCUT2D eigenvalue weighted by molar-refractivity contribution is 0.566. The number of nitrogens with two attached hydrogens (primary N) is 1. The highest BCUT2D eigenvalue weighted by Gasteiger charge is 2.31. The van der Waals surface area contributed by atoms with Gasteiger partial charge in [-0.2, -0.15) is 10.5 Å². The van der Waals surface area contributed by atoms with E-state index in [0.717, 1.165) is 34.4 Å². The Kier molecular flexibility index (Phi) is 4.94. The van der Waals surface area contributed by atoms with E-state index in [0.29, 0.717) is 16.8 Å². The number of pyridine rings is 1. The molecule has 0 atom stereocenters. The van der Waals surface area contributed by atoms with Gasteiger partial charge < -0.3 is 10.6 Å². The highest BCUT2D eigenvalue weighted by atomic mass is 15.2. The summed E-state index contributed by atoms with van der Waals surface area (Å²) in [6, 6.07) is 10.9. The van der Waals surface area contributed by atoms with E-state index >= 15 is 0 Å². The second kappa shape index (κ2) is 7.39. The number of aromatic nitrogens is 1. The Bertz CT molecular complexity index is 1340. The molecule has 1 aromatic heterocycles. The molecule has 32 heavy (non-hydrogen) atoms. The van der Waals surface area contributed by atoms with E-state index in [1.165, 1.54) is 16.8 Å². The molecule has 2 N–H and O–H groups in total. The Balaban J connectivity index is 1.92. The molecule has 0 spiro atoms. The fourth-order valence-electron chi connectivity index (χ4n) is 5.13. The minimum atomic E-state index is -0.0341. The molecule has 0 radical (unpaired) electrons. The number of hydrogen-bond donors (Lipinski definition) is 1. The Morgan fingerprint density at radius 2 is 1.88 bits per heavy atom. The summed E-state index contributed by atoms with van der Waals surface area (Å²) in [5.74, 6) is 0.169. The summed E-state index contributed by atoms with van der Waals surface area (Å²) in [5, 5.41) is 19.3. The summed E-state index contributed by atoms with van der Waals surface area (Å²) in [5.41, 5.74) is 15.5. The summed E-state index contributed by atoms with van der Waals surface area (Å²) in [7, 11) is 0. The fraction of sp³-hybridized carbons (Fsp3) is 0.296. The van der Waals surface area contributed by atoms with Gasteiger partial charge in [0.15, 0.2) is 0 Å². The lowest BCUT2D eigenvalue weighted by Crippen LogP contribution is -2.44. The second-order valence-corrected chi connectivity index (χ2v) is 9.00. The third kappa shape index (κ3) is 3.01. The molecule has 160 valence electrons. The first-order valence-corrected chi connectivity index (χ1v) is 10.8. The Morgan fingerprint density at radius 1 is 1.16 bits per heavy atom. The number of likely N-dealkylation sites (N-methyl/N-ethyl adjacent to an activating group) is 1. The topological polar surface area (TPSA) is 89.7 Å². The zero-order valence-corrected chi connectivity index (χ0v) is 19.5. The fourth-order valence-corrected chi connectivity index (χ4v) is 5.13. The van der Waals surface area contributed by atoms with Gasteiger partial charge in [0.1, 0.15) is 18.0 Å². The molecule has 0 amide bonds. The van der Waals surface area contributed by atoms with E-state index in [1.807, 2.05) is 13.8 Å². The van der Waals surface area contributed by atoms with Crippen molar-refractivity contribution in [3.63, 3.8) is 0 Å². The summed E-state index contributed by atoms with van der Waals surface area (Å²) >= 11 is 0. The highest BCUT2D eigenvalue weighted by molar-refractivity contribution is 6.08. The van der Waals surface area contributed by atoms with Crippen LogP contribution in [0.5, 0.6) is 0 Å². The van der Waals surface area contributed by atoms with Crippen molar-refractivity contribution in [2.24, 2.45) is 0 Å². The van der Waals surface area contributed by atoms with Gasteiger partial charge in [0, 0.05) is 23.4 Å². The van der Waals surface area contributed by atoms with E-state index in [4.69, 9.17) is 5.73 Å². The number of nitriles is 2. The molecule has 1 aliphatic carbocycles. The van der Waals surface area contributed by atoms with Gasteiger partial charge in [-0.05, 0) is 87.6 Å². The SMILES string of the molecule is CCN1c2ccc(/C=C3/C(C)=C(C#N)c4nc(N)c(C#N)c(C)c43)cc2C(C)=CC1(C)C. The number of nitrogens with zero attached hydrogens (tertiary/aromatic N) is 4. The molecular weight excluding hydrogens is 394 g/mol. The number of benzene rings is 1. The van der Waals surface area contributed by atoms with E-state index in [-0.39, 0.29) is 11.4 Å². The van der Waals surface area contributed by atoms with Crippen LogP contribution in [0.4, 0.5) is 11.5 Å². The van der Waals surface area contributed by atoms with Gasteiger partial charge in [-0.3, -0.25) is 0 Å². The van der Waals surface area contributed by atoms with Crippen molar-refractivity contribution >= 4 is 34.3 Å². The van der Waals surface area contributed by atoms with Crippen LogP contribution in [0.2, 0.25) is 0 Å². The average molecular weight is 422 g/mol. The minimum Gasteiger partial charge on any atom is -0.383 e. The number of anilines is 2. The maximum atomic E-state index is 9.78. The van der Waals surface area contributed by atoms with Crippen LogP contribution < -0.4 is 10.6 Å². The van der Waals surface area contributed by atoms with E-state index < -0.39 is 0 Å². The Labute approximate surface area is 189 Å². The number of nitrogen functional groups attached to an aromatic ring is 1. The zero-order valence-electron chi connectivity index (χ0n) is 19.5. The molecule has 5 nitrogen and oxygen atoms in total. The number of hydrogen-bond acceptors (Lipinski definition) is 5. The summed E-state index contributed by atoms with van der Waals surface area (Å²) in [6.45, 7) is 13.5. The van der Waals surface area contributed by atoms with Crippen LogP contribution in [-0.4, -0.2) is 17.1 Å². The van der Waals surface area contributed by atoms with E-state index in [1.54, 1.807) is 0 Å². The Morgan fingerprint density at radius 3 is 2.50 bits per heavy atom. The molecule has 0 unspecified atom stereocenters. The normalized spacial score (nSPS) is 17.6. The summed E-state index contributed by atoms with van der Waals surface area (Å²) < 4.78 is 0. The van der Waals surface area contributed by atoms with Crippen molar-refractivity contribution < 1.29 is 0 Å². The quantitative estimate of drug-likeness (QED) is 0.670. The molecule has 2 aromatic rings. The van der Waals surface area contributed by atoms with E-state index in [9.17, 15) is 10.5 Å². The molecule has 4 rings (SSSR count). The van der Waals surface area contributed by atoms with Gasteiger partial charge in [-0.15, -0.1) is 0 Å².